The van der Waals surface area contributed by atoms with Crippen molar-refractivity contribution in [3.8, 4) is 16.9 Å². The molecule has 1 aromatic carbocycles. The van der Waals surface area contributed by atoms with Crippen LogP contribution >= 0.6 is 12.2 Å². The first-order valence-electron chi connectivity index (χ1n) is 8.02. The summed E-state index contributed by atoms with van der Waals surface area (Å²) < 4.78 is 11.2. The largest absolute Gasteiger partial charge is 0.497 e. The molecule has 1 aromatic heterocycles. The smallest absolute Gasteiger partial charge is 0.118 e. The number of hydrogen-bond acceptors (Lipinski definition) is 5. The van der Waals surface area contributed by atoms with Gasteiger partial charge in [-0.3, -0.25) is 4.98 Å². The molecule has 1 saturated carbocycles. The molecular weight excluding hydrogens is 320 g/mol. The van der Waals surface area contributed by atoms with Crippen molar-refractivity contribution in [1.29, 1.82) is 0 Å². The number of aromatic nitrogens is 1. The first-order chi connectivity index (χ1) is 11.7. The van der Waals surface area contributed by atoms with Crippen LogP contribution in [0.3, 0.4) is 0 Å². The van der Waals surface area contributed by atoms with E-state index >= 15 is 0 Å². The van der Waals surface area contributed by atoms with Gasteiger partial charge in [0.05, 0.1) is 36.2 Å². The van der Waals surface area contributed by atoms with Gasteiger partial charge in [0, 0.05) is 11.8 Å². The Labute approximate surface area is 147 Å². The van der Waals surface area contributed by atoms with Gasteiger partial charge in [0.25, 0.3) is 0 Å². The van der Waals surface area contributed by atoms with Crippen LogP contribution in [0.25, 0.3) is 11.1 Å². The molecule has 0 N–H and O–H groups in total. The van der Waals surface area contributed by atoms with Crippen LogP contribution in [0.5, 0.6) is 5.75 Å². The molecule has 0 aliphatic heterocycles. The van der Waals surface area contributed by atoms with E-state index in [1.807, 2.05) is 43.5 Å². The normalized spacial score (nSPS) is 20.6. The van der Waals surface area contributed by atoms with Gasteiger partial charge in [-0.05, 0) is 55.7 Å². The maximum atomic E-state index is 6.02. The summed E-state index contributed by atoms with van der Waals surface area (Å²) in [5, 5.41) is 2.44. The number of ether oxygens (including phenoxy) is 2. The summed E-state index contributed by atoms with van der Waals surface area (Å²) >= 11 is 4.62. The Balaban J connectivity index is 1.60. The van der Waals surface area contributed by atoms with E-state index in [0.29, 0.717) is 0 Å². The molecule has 1 aliphatic carbocycles. The zero-order chi connectivity index (χ0) is 16.9. The Morgan fingerprint density at radius 3 is 2.46 bits per heavy atom. The van der Waals surface area contributed by atoms with Gasteiger partial charge in [0.1, 0.15) is 5.75 Å². The summed E-state index contributed by atoms with van der Waals surface area (Å²) in [6, 6.07) is 12.3. The molecule has 1 atom stereocenters. The van der Waals surface area contributed by atoms with Crippen LogP contribution in [-0.2, 0) is 4.74 Å². The van der Waals surface area contributed by atoms with Crippen LogP contribution in [0.1, 0.15) is 31.6 Å². The van der Waals surface area contributed by atoms with E-state index in [0.717, 1.165) is 35.4 Å². The summed E-state index contributed by atoms with van der Waals surface area (Å²) in [6.45, 7) is 2.03. The molecular formula is C19H20N2O2S. The van der Waals surface area contributed by atoms with Crippen molar-refractivity contribution in [3.63, 3.8) is 0 Å². The molecule has 0 spiro atoms. The molecule has 5 heteroatoms. The molecule has 3 rings (SSSR count). The number of nitrogens with zero attached hydrogens (tertiary/aromatic N) is 2. The Morgan fingerprint density at radius 1 is 1.17 bits per heavy atom. The van der Waals surface area contributed by atoms with Gasteiger partial charge >= 0.3 is 0 Å². The molecule has 2 aromatic rings. The van der Waals surface area contributed by atoms with E-state index in [1.54, 1.807) is 7.11 Å². The lowest BCUT2D eigenvalue weighted by Gasteiger charge is -2.33. The lowest BCUT2D eigenvalue weighted by molar-refractivity contribution is -0.0538. The topological polar surface area (TPSA) is 43.7 Å². The summed E-state index contributed by atoms with van der Waals surface area (Å²) in [5.41, 5.74) is 3.13. The van der Waals surface area contributed by atoms with Gasteiger partial charge in [-0.25, -0.2) is 4.99 Å². The van der Waals surface area contributed by atoms with Crippen molar-refractivity contribution in [3.05, 3.63) is 48.3 Å². The predicted molar refractivity (Wildman–Crippen MR) is 97.6 cm³/mol. The van der Waals surface area contributed by atoms with Gasteiger partial charge in [0.2, 0.25) is 0 Å². The lowest BCUT2D eigenvalue weighted by atomic mass is 9.90. The standard InChI is InChI=1S/C19H20N2O2S/c1-13(23-18-9-16(10-18)21-12-24)19-8-5-15(11-20-19)14-3-6-17(22-2)7-4-14/h3-8,11,13,16,18H,9-10H2,1-2H3. The predicted octanol–water partition coefficient (Wildman–Crippen LogP) is 4.47. The Bertz CT molecular complexity index is 718. The van der Waals surface area contributed by atoms with Gasteiger partial charge in [-0.2, -0.15) is 0 Å². The van der Waals surface area contributed by atoms with Crippen LogP contribution < -0.4 is 4.74 Å². The van der Waals surface area contributed by atoms with Crippen molar-refractivity contribution < 1.29 is 9.47 Å². The van der Waals surface area contributed by atoms with E-state index in [-0.39, 0.29) is 18.2 Å². The van der Waals surface area contributed by atoms with Crippen LogP contribution in [0.2, 0.25) is 0 Å². The molecule has 1 unspecified atom stereocenters. The summed E-state index contributed by atoms with van der Waals surface area (Å²) in [7, 11) is 1.67. The Kier molecular flexibility index (Phi) is 5.36. The SMILES string of the molecule is COc1ccc(-c2ccc(C(C)OC3CC(N=C=S)C3)nc2)cc1. The lowest BCUT2D eigenvalue weighted by Crippen LogP contribution is -2.35. The maximum Gasteiger partial charge on any atom is 0.118 e. The van der Waals surface area contributed by atoms with E-state index in [4.69, 9.17) is 9.47 Å². The number of methoxy groups -OCH3 is 1. The molecule has 1 aliphatic rings. The fraction of sp³-hybridized carbons (Fsp3) is 0.368. The Morgan fingerprint density at radius 2 is 1.88 bits per heavy atom. The number of pyridine rings is 1. The maximum absolute atomic E-state index is 6.02. The van der Waals surface area contributed by atoms with Gasteiger partial charge in [-0.15, -0.1) is 0 Å². The summed E-state index contributed by atoms with van der Waals surface area (Å²) in [5.74, 6) is 0.849. The third-order valence-electron chi connectivity index (χ3n) is 4.33. The highest BCUT2D eigenvalue weighted by molar-refractivity contribution is 7.78. The van der Waals surface area contributed by atoms with Crippen LogP contribution in [0, 0.1) is 0 Å². The fourth-order valence-corrected chi connectivity index (χ4v) is 2.94. The fourth-order valence-electron chi connectivity index (χ4n) is 2.79. The zero-order valence-corrected chi connectivity index (χ0v) is 14.6. The average Bonchev–Trinajstić information content (AvgIpc) is 2.60. The van der Waals surface area contributed by atoms with E-state index < -0.39 is 0 Å². The molecule has 0 radical (unpaired) electrons. The quantitative estimate of drug-likeness (QED) is 0.575. The van der Waals surface area contributed by atoms with Gasteiger partial charge in [0.15, 0.2) is 0 Å². The monoisotopic (exact) mass is 340 g/mol. The first-order valence-corrected chi connectivity index (χ1v) is 8.43. The summed E-state index contributed by atoms with van der Waals surface area (Å²) in [6.07, 6.45) is 3.92. The van der Waals surface area contributed by atoms with E-state index in [9.17, 15) is 0 Å². The molecule has 124 valence electrons. The second kappa shape index (κ2) is 7.67. The number of thiocarbonyl (C=S) groups is 1. The van der Waals surface area contributed by atoms with Gasteiger partial charge in [-0.1, -0.05) is 18.2 Å². The minimum absolute atomic E-state index is 0.0303. The van der Waals surface area contributed by atoms with Crippen molar-refractivity contribution >= 4 is 17.4 Å². The van der Waals surface area contributed by atoms with Crippen LogP contribution in [0.15, 0.2) is 47.6 Å². The molecule has 0 amide bonds. The number of isothiocyanates is 1. The number of hydrogen-bond donors (Lipinski definition) is 0. The average molecular weight is 340 g/mol. The number of benzene rings is 1. The van der Waals surface area contributed by atoms with E-state index in [2.05, 4.69) is 33.4 Å². The zero-order valence-electron chi connectivity index (χ0n) is 13.8. The molecule has 1 heterocycles. The highest BCUT2D eigenvalue weighted by Crippen LogP contribution is 2.31. The highest BCUT2D eigenvalue weighted by Gasteiger charge is 2.31. The highest BCUT2D eigenvalue weighted by atomic mass is 32.1. The van der Waals surface area contributed by atoms with Gasteiger partial charge < -0.3 is 9.47 Å². The van der Waals surface area contributed by atoms with Crippen molar-refractivity contribution in [2.24, 2.45) is 4.99 Å². The molecule has 24 heavy (non-hydrogen) atoms. The van der Waals surface area contributed by atoms with Crippen LogP contribution in [-0.4, -0.2) is 29.4 Å². The molecule has 0 bridgehead atoms. The van der Waals surface area contributed by atoms with Crippen molar-refractivity contribution in [1.82, 2.24) is 4.98 Å². The van der Waals surface area contributed by atoms with Crippen molar-refractivity contribution in [2.45, 2.75) is 38.0 Å². The summed E-state index contributed by atoms with van der Waals surface area (Å²) in [4.78, 5) is 8.63. The van der Waals surface area contributed by atoms with Crippen molar-refractivity contribution in [2.75, 3.05) is 7.11 Å². The minimum Gasteiger partial charge on any atom is -0.497 e. The third-order valence-corrected chi connectivity index (χ3v) is 4.43. The number of rotatable bonds is 6. The second-order valence-electron chi connectivity index (χ2n) is 5.95. The first kappa shape index (κ1) is 16.8. The second-order valence-corrected chi connectivity index (χ2v) is 6.13. The van der Waals surface area contributed by atoms with Crippen LogP contribution in [0.4, 0.5) is 0 Å². The molecule has 1 fully saturated rings. The third kappa shape index (κ3) is 3.88. The Hall–Kier alpha value is -2.07. The number of aliphatic imine (C=N–C) groups is 1. The molecule has 4 nitrogen and oxygen atoms in total. The minimum atomic E-state index is -0.0303. The molecule has 0 saturated heterocycles. The van der Waals surface area contributed by atoms with E-state index in [1.165, 1.54) is 0 Å².